The molecule has 0 aliphatic rings. The maximum atomic E-state index is 10.4. The molecule has 0 aromatic heterocycles. The SMILES string of the molecule is NC(=O)[CH]c1cccc(Cl)c1. The molecule has 2 nitrogen and oxygen atoms in total. The predicted molar refractivity (Wildman–Crippen MR) is 44.0 cm³/mol. The highest BCUT2D eigenvalue weighted by atomic mass is 35.5. The number of hydrogen-bond donors (Lipinski definition) is 1. The maximum absolute atomic E-state index is 10.4. The summed E-state index contributed by atoms with van der Waals surface area (Å²) in [6.45, 7) is 0. The van der Waals surface area contributed by atoms with Gasteiger partial charge in [-0.3, -0.25) is 4.79 Å². The number of amides is 1. The molecule has 0 bridgehead atoms. The van der Waals surface area contributed by atoms with E-state index in [9.17, 15) is 4.79 Å². The Kier molecular flexibility index (Phi) is 2.49. The second-order valence-corrected chi connectivity index (χ2v) is 2.54. The fourth-order valence-corrected chi connectivity index (χ4v) is 0.959. The van der Waals surface area contributed by atoms with Gasteiger partial charge in [0.1, 0.15) is 0 Å². The minimum Gasteiger partial charge on any atom is -0.369 e. The van der Waals surface area contributed by atoms with Crippen LogP contribution < -0.4 is 5.73 Å². The lowest BCUT2D eigenvalue weighted by Crippen LogP contribution is -2.11. The molecule has 0 saturated heterocycles. The van der Waals surface area contributed by atoms with Crippen molar-refractivity contribution in [2.75, 3.05) is 0 Å². The molecule has 0 aliphatic heterocycles. The average Bonchev–Trinajstić information content (AvgIpc) is 1.85. The fourth-order valence-electron chi connectivity index (χ4n) is 0.761. The molecular formula is C8H7ClNO. The van der Waals surface area contributed by atoms with Gasteiger partial charge in [0.05, 0.1) is 6.42 Å². The third-order valence-corrected chi connectivity index (χ3v) is 1.39. The van der Waals surface area contributed by atoms with Crippen molar-refractivity contribution >= 4 is 17.5 Å². The quantitative estimate of drug-likeness (QED) is 0.713. The summed E-state index contributed by atoms with van der Waals surface area (Å²) in [5.74, 6) is -0.465. The zero-order chi connectivity index (χ0) is 8.27. The molecule has 0 unspecified atom stereocenters. The van der Waals surface area contributed by atoms with Gasteiger partial charge in [-0.1, -0.05) is 23.7 Å². The Labute approximate surface area is 70.0 Å². The van der Waals surface area contributed by atoms with Gasteiger partial charge < -0.3 is 5.73 Å². The third-order valence-electron chi connectivity index (χ3n) is 1.16. The van der Waals surface area contributed by atoms with Crippen LogP contribution in [0.25, 0.3) is 0 Å². The molecule has 3 heteroatoms. The predicted octanol–water partition coefficient (Wildman–Crippen LogP) is 1.38. The van der Waals surface area contributed by atoms with Crippen molar-refractivity contribution < 1.29 is 4.79 Å². The average molecular weight is 169 g/mol. The number of hydrogen-bond acceptors (Lipinski definition) is 1. The van der Waals surface area contributed by atoms with Crippen LogP contribution >= 0.6 is 11.6 Å². The van der Waals surface area contributed by atoms with E-state index in [0.29, 0.717) is 5.02 Å². The third kappa shape index (κ3) is 2.60. The smallest absolute Gasteiger partial charge is 0.226 e. The van der Waals surface area contributed by atoms with E-state index in [-0.39, 0.29) is 0 Å². The van der Waals surface area contributed by atoms with E-state index in [4.69, 9.17) is 17.3 Å². The van der Waals surface area contributed by atoms with E-state index in [1.54, 1.807) is 24.3 Å². The lowest BCUT2D eigenvalue weighted by molar-refractivity contribution is -0.114. The number of carbonyl (C=O) groups is 1. The maximum Gasteiger partial charge on any atom is 0.226 e. The van der Waals surface area contributed by atoms with Crippen LogP contribution in [0.1, 0.15) is 5.56 Å². The minimum atomic E-state index is -0.465. The summed E-state index contributed by atoms with van der Waals surface area (Å²) in [4.78, 5) is 10.4. The van der Waals surface area contributed by atoms with Gasteiger partial charge in [-0.15, -0.1) is 0 Å². The van der Waals surface area contributed by atoms with E-state index < -0.39 is 5.91 Å². The van der Waals surface area contributed by atoms with Crippen molar-refractivity contribution in [1.29, 1.82) is 0 Å². The Morgan fingerprint density at radius 3 is 2.82 bits per heavy atom. The number of halogens is 1. The Bertz CT molecular complexity index is 273. The van der Waals surface area contributed by atoms with Crippen molar-refractivity contribution in [2.24, 2.45) is 5.73 Å². The van der Waals surface area contributed by atoms with Gasteiger partial charge in [-0.25, -0.2) is 0 Å². The van der Waals surface area contributed by atoms with E-state index in [1.807, 2.05) is 0 Å². The van der Waals surface area contributed by atoms with Gasteiger partial charge in [0.25, 0.3) is 0 Å². The summed E-state index contributed by atoms with van der Waals surface area (Å²) in [7, 11) is 0. The molecule has 0 aliphatic carbocycles. The molecule has 1 radical (unpaired) electrons. The van der Waals surface area contributed by atoms with Crippen LogP contribution in [0.3, 0.4) is 0 Å². The molecule has 0 spiro atoms. The molecule has 0 saturated carbocycles. The molecular weight excluding hydrogens is 162 g/mol. The highest BCUT2D eigenvalue weighted by Crippen LogP contribution is 2.11. The van der Waals surface area contributed by atoms with Crippen molar-refractivity contribution in [3.05, 3.63) is 41.3 Å². The molecule has 11 heavy (non-hydrogen) atoms. The summed E-state index contributed by atoms with van der Waals surface area (Å²) in [6, 6.07) is 6.93. The first-order valence-electron chi connectivity index (χ1n) is 3.08. The Morgan fingerprint density at radius 1 is 1.55 bits per heavy atom. The topological polar surface area (TPSA) is 43.1 Å². The monoisotopic (exact) mass is 168 g/mol. The first kappa shape index (κ1) is 8.08. The zero-order valence-corrected chi connectivity index (χ0v) is 6.51. The number of benzene rings is 1. The normalized spacial score (nSPS) is 9.55. The van der Waals surface area contributed by atoms with Gasteiger partial charge in [0.2, 0.25) is 5.91 Å². The molecule has 1 amide bonds. The van der Waals surface area contributed by atoms with Crippen LogP contribution in [0.2, 0.25) is 5.02 Å². The lowest BCUT2D eigenvalue weighted by atomic mass is 10.1. The van der Waals surface area contributed by atoms with E-state index >= 15 is 0 Å². The highest BCUT2D eigenvalue weighted by Gasteiger charge is 1.98. The van der Waals surface area contributed by atoms with E-state index in [1.165, 1.54) is 6.42 Å². The molecule has 1 aromatic rings. The number of primary amides is 1. The second-order valence-electron chi connectivity index (χ2n) is 2.10. The summed E-state index contributed by atoms with van der Waals surface area (Å²) in [5, 5.41) is 0.597. The standard InChI is InChI=1S/C8H7ClNO/c9-7-3-1-2-6(4-7)5-8(10)11/h1-5H,(H2,10,11). The molecule has 0 atom stereocenters. The van der Waals surface area contributed by atoms with Crippen LogP contribution in [0.5, 0.6) is 0 Å². The minimum absolute atomic E-state index is 0.465. The largest absolute Gasteiger partial charge is 0.369 e. The van der Waals surface area contributed by atoms with Gasteiger partial charge in [-0.05, 0) is 17.7 Å². The van der Waals surface area contributed by atoms with Crippen molar-refractivity contribution in [2.45, 2.75) is 0 Å². The van der Waals surface area contributed by atoms with Crippen molar-refractivity contribution in [1.82, 2.24) is 0 Å². The number of rotatable bonds is 2. The van der Waals surface area contributed by atoms with Crippen LogP contribution in [-0.4, -0.2) is 5.91 Å². The van der Waals surface area contributed by atoms with Crippen LogP contribution in [0.15, 0.2) is 24.3 Å². The lowest BCUT2D eigenvalue weighted by Gasteiger charge is -1.95. The van der Waals surface area contributed by atoms with Gasteiger partial charge >= 0.3 is 0 Å². The first-order valence-corrected chi connectivity index (χ1v) is 3.46. The van der Waals surface area contributed by atoms with Gasteiger partial charge in [-0.2, -0.15) is 0 Å². The molecule has 2 N–H and O–H groups in total. The molecule has 0 fully saturated rings. The molecule has 1 aromatic carbocycles. The summed E-state index contributed by atoms with van der Waals surface area (Å²) in [5.41, 5.74) is 5.66. The van der Waals surface area contributed by atoms with Crippen molar-refractivity contribution in [3.8, 4) is 0 Å². The summed E-state index contributed by atoms with van der Waals surface area (Å²) < 4.78 is 0. The number of carbonyl (C=O) groups excluding carboxylic acids is 1. The van der Waals surface area contributed by atoms with Crippen LogP contribution in [-0.2, 0) is 4.79 Å². The van der Waals surface area contributed by atoms with E-state index in [2.05, 4.69) is 0 Å². The van der Waals surface area contributed by atoms with Crippen LogP contribution in [0, 0.1) is 6.42 Å². The fraction of sp³-hybridized carbons (Fsp3) is 0. The van der Waals surface area contributed by atoms with Gasteiger partial charge in [0.15, 0.2) is 0 Å². The molecule has 1 rings (SSSR count). The van der Waals surface area contributed by atoms with Gasteiger partial charge in [0, 0.05) is 5.02 Å². The molecule has 57 valence electrons. The first-order chi connectivity index (χ1) is 5.18. The van der Waals surface area contributed by atoms with Crippen molar-refractivity contribution in [3.63, 3.8) is 0 Å². The summed E-state index contributed by atoms with van der Waals surface area (Å²) >= 11 is 5.66. The second kappa shape index (κ2) is 3.39. The summed E-state index contributed by atoms with van der Waals surface area (Å²) in [6.07, 6.45) is 1.33. The van der Waals surface area contributed by atoms with Crippen LogP contribution in [0.4, 0.5) is 0 Å². The highest BCUT2D eigenvalue weighted by molar-refractivity contribution is 6.30. The zero-order valence-electron chi connectivity index (χ0n) is 5.75. The Morgan fingerprint density at radius 2 is 2.27 bits per heavy atom. The Hall–Kier alpha value is -1.02. The van der Waals surface area contributed by atoms with E-state index in [0.717, 1.165) is 5.56 Å². The Balaban J connectivity index is 2.79. The molecule has 0 heterocycles. The number of nitrogens with two attached hydrogens (primary N) is 1.